The highest BCUT2D eigenvalue weighted by atomic mass is 16.3. The predicted octanol–water partition coefficient (Wildman–Crippen LogP) is 0.247. The Balaban J connectivity index is 1.36. The van der Waals surface area contributed by atoms with Crippen molar-refractivity contribution in [2.24, 2.45) is 10.9 Å². The summed E-state index contributed by atoms with van der Waals surface area (Å²) in [6.07, 6.45) is 6.71. The molecule has 34 heavy (non-hydrogen) atoms. The second-order valence-corrected chi connectivity index (χ2v) is 8.77. The van der Waals surface area contributed by atoms with Crippen LogP contribution in [0.4, 0.5) is 4.79 Å². The summed E-state index contributed by atoms with van der Waals surface area (Å²) >= 11 is 0. The molecule has 1 aromatic rings. The lowest BCUT2D eigenvalue weighted by Gasteiger charge is -2.38. The number of allylic oxidation sites excluding steroid dienone is 1. The molecule has 0 spiro atoms. The number of aliphatic imine (C=N–C) groups is 1. The Kier molecular flexibility index (Phi) is 5.76. The van der Waals surface area contributed by atoms with Crippen molar-refractivity contribution in [1.82, 2.24) is 19.6 Å². The monoisotopic (exact) mass is 467 g/mol. The van der Waals surface area contributed by atoms with Gasteiger partial charge in [-0.05, 0) is 25.0 Å². The first-order chi connectivity index (χ1) is 16.5. The molecule has 1 aromatic heterocycles. The summed E-state index contributed by atoms with van der Waals surface area (Å²) in [5.41, 5.74) is 0.720. The average Bonchev–Trinajstić information content (AvgIpc) is 3.59. The molecule has 0 aromatic carbocycles. The van der Waals surface area contributed by atoms with Crippen LogP contribution in [0.15, 0.2) is 40.1 Å². The number of rotatable bonds is 3. The van der Waals surface area contributed by atoms with E-state index in [0.717, 1.165) is 23.5 Å². The lowest BCUT2D eigenvalue weighted by Crippen LogP contribution is -2.63. The normalized spacial score (nSPS) is 23.0. The number of hydrogen-bond donors (Lipinski definition) is 0. The number of hydrogen-bond acceptors (Lipinski definition) is 6. The maximum absolute atomic E-state index is 13.5. The number of nitrogens with zero attached hydrogens (tertiary/aromatic N) is 6. The second-order valence-electron chi connectivity index (χ2n) is 8.77. The van der Waals surface area contributed by atoms with Gasteiger partial charge in [0.15, 0.2) is 30.5 Å². The lowest BCUT2D eigenvalue weighted by molar-refractivity contribution is -0.538. The largest absolute Gasteiger partial charge is 0.459 e. The zero-order chi connectivity index (χ0) is 23.8. The number of imide groups is 1. The SMILES string of the molecule is CN1C(=O)N(CC(=O)N2CCCC2)C(=O)C2C1=NC=CC2=[N+]1CCN(C(=O)c2ccco2)CC1. The Morgan fingerprint density at radius 1 is 1.12 bits per heavy atom. The summed E-state index contributed by atoms with van der Waals surface area (Å²) < 4.78 is 7.27. The summed E-state index contributed by atoms with van der Waals surface area (Å²) in [6.45, 7) is 3.02. The van der Waals surface area contributed by atoms with E-state index in [1.165, 1.54) is 11.2 Å². The number of likely N-dealkylation sites (tertiary alicyclic amines) is 1. The van der Waals surface area contributed by atoms with E-state index in [-0.39, 0.29) is 18.4 Å². The molecule has 0 bridgehead atoms. The number of furan rings is 1. The molecular weight excluding hydrogens is 440 g/mol. The van der Waals surface area contributed by atoms with Gasteiger partial charge in [-0.3, -0.25) is 24.2 Å². The number of piperazine rings is 1. The molecule has 0 saturated carbocycles. The Bertz CT molecular complexity index is 1100. The summed E-state index contributed by atoms with van der Waals surface area (Å²) in [7, 11) is 1.57. The van der Waals surface area contributed by atoms with E-state index < -0.39 is 17.9 Å². The lowest BCUT2D eigenvalue weighted by atomic mass is 9.94. The fourth-order valence-electron chi connectivity index (χ4n) is 4.90. The fraction of sp³-hybridized carbons (Fsp3) is 0.478. The third-order valence-electron chi connectivity index (χ3n) is 6.80. The molecular formula is C23H27N6O5+. The molecule has 1 atom stereocenters. The van der Waals surface area contributed by atoms with E-state index in [0.29, 0.717) is 50.9 Å². The summed E-state index contributed by atoms with van der Waals surface area (Å²) in [6, 6.07) is 2.78. The first kappa shape index (κ1) is 22.1. The molecule has 0 aliphatic carbocycles. The molecule has 5 rings (SSSR count). The number of fused-ring (bicyclic) bond motifs is 1. The Morgan fingerprint density at radius 3 is 2.53 bits per heavy atom. The van der Waals surface area contributed by atoms with Crippen molar-refractivity contribution >= 4 is 35.3 Å². The smallest absolute Gasteiger partial charge is 0.332 e. The molecule has 3 saturated heterocycles. The van der Waals surface area contributed by atoms with Crippen LogP contribution >= 0.6 is 0 Å². The fourth-order valence-corrected chi connectivity index (χ4v) is 4.90. The molecule has 11 nitrogen and oxygen atoms in total. The van der Waals surface area contributed by atoms with Gasteiger partial charge < -0.3 is 14.2 Å². The molecule has 1 unspecified atom stereocenters. The van der Waals surface area contributed by atoms with Crippen LogP contribution in [-0.2, 0) is 9.59 Å². The third-order valence-corrected chi connectivity index (χ3v) is 6.80. The molecule has 0 radical (unpaired) electrons. The van der Waals surface area contributed by atoms with Crippen molar-refractivity contribution in [3.05, 3.63) is 36.4 Å². The van der Waals surface area contributed by atoms with Crippen LogP contribution in [0.5, 0.6) is 0 Å². The van der Waals surface area contributed by atoms with Gasteiger partial charge in [0.2, 0.25) is 5.91 Å². The van der Waals surface area contributed by atoms with Gasteiger partial charge in [0, 0.05) is 32.4 Å². The highest BCUT2D eigenvalue weighted by Crippen LogP contribution is 2.24. The van der Waals surface area contributed by atoms with Crippen molar-refractivity contribution in [3.8, 4) is 0 Å². The maximum atomic E-state index is 13.5. The van der Waals surface area contributed by atoms with Crippen LogP contribution in [0, 0.1) is 5.92 Å². The van der Waals surface area contributed by atoms with Crippen LogP contribution < -0.4 is 0 Å². The van der Waals surface area contributed by atoms with Gasteiger partial charge in [0.25, 0.3) is 11.8 Å². The van der Waals surface area contributed by atoms with Gasteiger partial charge in [-0.2, -0.15) is 0 Å². The van der Waals surface area contributed by atoms with Crippen molar-refractivity contribution < 1.29 is 28.2 Å². The van der Waals surface area contributed by atoms with Crippen LogP contribution in [0.2, 0.25) is 0 Å². The van der Waals surface area contributed by atoms with Gasteiger partial charge >= 0.3 is 6.03 Å². The number of carbonyl (C=O) groups excluding carboxylic acids is 4. The highest BCUT2D eigenvalue weighted by molar-refractivity contribution is 6.31. The summed E-state index contributed by atoms with van der Waals surface area (Å²) in [4.78, 5) is 61.9. The predicted molar refractivity (Wildman–Crippen MR) is 120 cm³/mol. The first-order valence-electron chi connectivity index (χ1n) is 11.5. The molecule has 4 aliphatic heterocycles. The number of carbonyl (C=O) groups is 4. The van der Waals surface area contributed by atoms with Gasteiger partial charge in [-0.1, -0.05) is 0 Å². The molecule has 178 valence electrons. The molecule has 4 aliphatic rings. The second kappa shape index (κ2) is 8.88. The first-order valence-corrected chi connectivity index (χ1v) is 11.5. The number of urea groups is 1. The van der Waals surface area contributed by atoms with Crippen molar-refractivity contribution in [3.63, 3.8) is 0 Å². The molecule has 5 amide bonds. The van der Waals surface area contributed by atoms with E-state index in [9.17, 15) is 19.2 Å². The number of amides is 5. The van der Waals surface area contributed by atoms with Crippen LogP contribution in [-0.4, -0.2) is 112 Å². The van der Waals surface area contributed by atoms with E-state index in [2.05, 4.69) is 4.99 Å². The summed E-state index contributed by atoms with van der Waals surface area (Å²) in [5.74, 6) is -0.942. The minimum absolute atomic E-state index is 0.165. The number of amidine groups is 1. The van der Waals surface area contributed by atoms with Gasteiger partial charge in [0.05, 0.1) is 19.4 Å². The van der Waals surface area contributed by atoms with Crippen LogP contribution in [0.3, 0.4) is 0 Å². The molecule has 11 heteroatoms. The molecule has 5 heterocycles. The van der Waals surface area contributed by atoms with E-state index >= 15 is 0 Å². The third kappa shape index (κ3) is 3.80. The van der Waals surface area contributed by atoms with E-state index in [4.69, 9.17) is 4.42 Å². The topological polar surface area (TPSA) is 110 Å². The van der Waals surface area contributed by atoms with Crippen LogP contribution in [0.25, 0.3) is 0 Å². The Hall–Kier alpha value is -3.76. The average molecular weight is 468 g/mol. The van der Waals surface area contributed by atoms with Crippen molar-refractivity contribution in [2.45, 2.75) is 12.8 Å². The van der Waals surface area contributed by atoms with Gasteiger partial charge in [0.1, 0.15) is 12.4 Å². The van der Waals surface area contributed by atoms with Crippen LogP contribution in [0.1, 0.15) is 23.4 Å². The van der Waals surface area contributed by atoms with Gasteiger partial charge in [-0.15, -0.1) is 0 Å². The van der Waals surface area contributed by atoms with Crippen molar-refractivity contribution in [1.29, 1.82) is 0 Å². The Morgan fingerprint density at radius 2 is 1.85 bits per heavy atom. The standard InChI is InChI=1S/C23H27N6O5/c1-25-20-19(22(32)29(23(25)33)15-18(30)27-8-2-3-9-27)16(6-7-24-20)26-10-12-28(13-11-26)21(31)17-5-4-14-34-17/h4-7,14,19H,2-3,8-13,15H2,1H3/q+1. The minimum atomic E-state index is -0.772. The van der Waals surface area contributed by atoms with Gasteiger partial charge in [-0.25, -0.2) is 14.4 Å². The zero-order valence-corrected chi connectivity index (χ0v) is 19.1. The minimum Gasteiger partial charge on any atom is -0.459 e. The maximum Gasteiger partial charge on any atom is 0.332 e. The van der Waals surface area contributed by atoms with E-state index in [1.807, 2.05) is 4.58 Å². The van der Waals surface area contributed by atoms with Crippen molar-refractivity contribution in [2.75, 3.05) is 52.9 Å². The Labute approximate surface area is 196 Å². The quantitative estimate of drug-likeness (QED) is 0.592. The zero-order valence-electron chi connectivity index (χ0n) is 19.1. The highest BCUT2D eigenvalue weighted by Gasteiger charge is 2.49. The van der Waals surface area contributed by atoms with E-state index in [1.54, 1.807) is 41.3 Å². The molecule has 3 fully saturated rings. The summed E-state index contributed by atoms with van der Waals surface area (Å²) in [5, 5.41) is 0. The molecule has 0 N–H and O–H groups in total.